The van der Waals surface area contributed by atoms with Crippen LogP contribution < -0.4 is 5.32 Å². The number of thiazole rings is 1. The average molecular weight is 423 g/mol. The van der Waals surface area contributed by atoms with Gasteiger partial charge in [0, 0.05) is 41.7 Å². The van der Waals surface area contributed by atoms with E-state index in [4.69, 9.17) is 0 Å². The lowest BCUT2D eigenvalue weighted by Gasteiger charge is -2.11. The maximum absolute atomic E-state index is 12.3. The fraction of sp³-hybridized carbons (Fsp3) is 0.227. The van der Waals surface area contributed by atoms with Crippen molar-refractivity contribution in [3.05, 3.63) is 64.3 Å². The van der Waals surface area contributed by atoms with Gasteiger partial charge in [-0.2, -0.15) is 0 Å². The van der Waals surface area contributed by atoms with Gasteiger partial charge in [0.25, 0.3) is 12.4 Å². The van der Waals surface area contributed by atoms with Gasteiger partial charge >= 0.3 is 0 Å². The van der Waals surface area contributed by atoms with Gasteiger partial charge < -0.3 is 4.74 Å². The molecule has 1 amide bonds. The first-order valence-electron chi connectivity index (χ1n) is 9.32. The van der Waals surface area contributed by atoms with Crippen molar-refractivity contribution in [1.82, 2.24) is 9.97 Å². The molecule has 0 bridgehead atoms. The van der Waals surface area contributed by atoms with E-state index in [0.717, 1.165) is 27.9 Å². The fourth-order valence-corrected chi connectivity index (χ4v) is 3.91. The van der Waals surface area contributed by atoms with Crippen molar-refractivity contribution in [2.75, 3.05) is 11.9 Å². The maximum atomic E-state index is 12.3. The van der Waals surface area contributed by atoms with Crippen LogP contribution in [0.1, 0.15) is 33.5 Å². The highest BCUT2D eigenvalue weighted by molar-refractivity contribution is 7.14. The molecule has 0 radical (unpaired) electrons. The number of ether oxygens (including phenoxy) is 1. The van der Waals surface area contributed by atoms with Gasteiger partial charge in [-0.3, -0.25) is 24.7 Å². The second-order valence-electron chi connectivity index (χ2n) is 6.76. The molecule has 0 saturated heterocycles. The van der Waals surface area contributed by atoms with Crippen molar-refractivity contribution in [3.63, 3.8) is 0 Å². The number of aryl methyl sites for hydroxylation is 2. The summed E-state index contributed by atoms with van der Waals surface area (Å²) in [5, 5.41) is 5.22. The number of carbonyl (C=O) groups is 3. The normalized spacial score (nSPS) is 10.5. The molecular formula is C22H21N3O4S. The van der Waals surface area contributed by atoms with Crippen molar-refractivity contribution in [2.24, 2.45) is 0 Å². The minimum atomic E-state index is -0.237. The largest absolute Gasteiger partial charge is 0.467 e. The number of anilines is 1. The molecule has 3 rings (SSSR count). The summed E-state index contributed by atoms with van der Waals surface area (Å²) in [6.07, 6.45) is 3.62. The van der Waals surface area contributed by atoms with Crippen LogP contribution in [0.15, 0.2) is 42.0 Å². The zero-order chi connectivity index (χ0) is 21.5. The highest BCUT2D eigenvalue weighted by atomic mass is 32.1. The second-order valence-corrected chi connectivity index (χ2v) is 7.62. The van der Waals surface area contributed by atoms with Crippen LogP contribution in [0.4, 0.5) is 5.13 Å². The van der Waals surface area contributed by atoms with Crippen LogP contribution in [0, 0.1) is 13.8 Å². The Morgan fingerprint density at radius 3 is 2.53 bits per heavy atom. The first-order chi connectivity index (χ1) is 14.5. The Kier molecular flexibility index (Phi) is 7.03. The Morgan fingerprint density at radius 2 is 1.87 bits per heavy atom. The van der Waals surface area contributed by atoms with Gasteiger partial charge in [-0.15, -0.1) is 11.3 Å². The Hall–Kier alpha value is -3.39. The Labute approximate surface area is 178 Å². The third-order valence-electron chi connectivity index (χ3n) is 4.48. The topological polar surface area (TPSA) is 98.2 Å². The van der Waals surface area contributed by atoms with Crippen LogP contribution in [-0.2, 0) is 20.7 Å². The number of amides is 1. The first kappa shape index (κ1) is 21.3. The number of pyridine rings is 1. The molecule has 154 valence electrons. The highest BCUT2D eigenvalue weighted by Gasteiger charge is 2.14. The number of carbonyl (C=O) groups excluding carboxylic acids is 3. The molecule has 2 heterocycles. The van der Waals surface area contributed by atoms with E-state index in [-0.39, 0.29) is 31.1 Å². The highest BCUT2D eigenvalue weighted by Crippen LogP contribution is 2.31. The molecular weight excluding hydrogens is 402 g/mol. The Bertz CT molecular complexity index is 1040. The molecule has 2 aromatic heterocycles. The monoisotopic (exact) mass is 423 g/mol. The number of nitrogens with zero attached hydrogens (tertiary/aromatic N) is 2. The standard InChI is InChI=1S/C22H21N3O4S/c1-14-9-16(11-18(27)5-8-29-13-26)10-15(2)20(14)19-12-30-22(24-19)25-21(28)17-3-6-23-7-4-17/h3-4,6-7,9-10,12-13H,5,8,11H2,1-2H3,(H,24,25,28). The van der Waals surface area contributed by atoms with Crippen LogP contribution in [0.25, 0.3) is 11.3 Å². The Balaban J connectivity index is 1.72. The fourth-order valence-electron chi connectivity index (χ4n) is 3.21. The molecule has 8 heteroatoms. The van der Waals surface area contributed by atoms with Crippen molar-refractivity contribution in [1.29, 1.82) is 0 Å². The summed E-state index contributed by atoms with van der Waals surface area (Å²) < 4.78 is 4.58. The lowest BCUT2D eigenvalue weighted by Crippen LogP contribution is -2.11. The molecule has 0 atom stereocenters. The Morgan fingerprint density at radius 1 is 1.17 bits per heavy atom. The molecule has 0 spiro atoms. The van der Waals surface area contributed by atoms with Gasteiger partial charge in [0.1, 0.15) is 5.78 Å². The van der Waals surface area contributed by atoms with Crippen molar-refractivity contribution >= 4 is 34.6 Å². The van der Waals surface area contributed by atoms with E-state index in [1.807, 2.05) is 31.4 Å². The van der Waals surface area contributed by atoms with Crippen LogP contribution in [0.2, 0.25) is 0 Å². The summed E-state index contributed by atoms with van der Waals surface area (Å²) >= 11 is 1.36. The molecule has 0 unspecified atom stereocenters. The van der Waals surface area contributed by atoms with Crippen molar-refractivity contribution in [3.8, 4) is 11.3 Å². The van der Waals surface area contributed by atoms with E-state index in [9.17, 15) is 14.4 Å². The van der Waals surface area contributed by atoms with Gasteiger partial charge in [0.2, 0.25) is 0 Å². The van der Waals surface area contributed by atoms with Gasteiger partial charge in [-0.25, -0.2) is 4.98 Å². The summed E-state index contributed by atoms with van der Waals surface area (Å²) in [6.45, 7) is 4.39. The molecule has 1 aromatic carbocycles. The number of ketones is 1. The van der Waals surface area contributed by atoms with E-state index >= 15 is 0 Å². The molecule has 0 fully saturated rings. The molecule has 0 aliphatic carbocycles. The zero-order valence-corrected chi connectivity index (χ0v) is 17.5. The summed E-state index contributed by atoms with van der Waals surface area (Å²) in [4.78, 5) is 43.0. The van der Waals surface area contributed by atoms with E-state index in [2.05, 4.69) is 20.0 Å². The minimum absolute atomic E-state index is 0.0122. The predicted molar refractivity (Wildman–Crippen MR) is 115 cm³/mol. The van der Waals surface area contributed by atoms with Crippen molar-refractivity contribution in [2.45, 2.75) is 26.7 Å². The third kappa shape index (κ3) is 5.36. The van der Waals surface area contributed by atoms with Crippen LogP contribution >= 0.6 is 11.3 Å². The number of hydrogen-bond acceptors (Lipinski definition) is 7. The molecule has 30 heavy (non-hydrogen) atoms. The first-order valence-corrected chi connectivity index (χ1v) is 10.2. The molecule has 0 aliphatic heterocycles. The second kappa shape index (κ2) is 9.89. The van der Waals surface area contributed by atoms with E-state index in [1.165, 1.54) is 11.3 Å². The quantitative estimate of drug-likeness (QED) is 0.416. The van der Waals surface area contributed by atoms with Crippen LogP contribution in [0.5, 0.6) is 0 Å². The minimum Gasteiger partial charge on any atom is -0.467 e. The number of benzene rings is 1. The predicted octanol–water partition coefficient (Wildman–Crippen LogP) is 3.75. The summed E-state index contributed by atoms with van der Waals surface area (Å²) in [5.74, 6) is -0.225. The summed E-state index contributed by atoms with van der Waals surface area (Å²) in [7, 11) is 0. The molecule has 0 saturated carbocycles. The molecule has 1 N–H and O–H groups in total. The van der Waals surface area contributed by atoms with Gasteiger partial charge in [-0.05, 0) is 42.7 Å². The van der Waals surface area contributed by atoms with E-state index in [0.29, 0.717) is 17.2 Å². The zero-order valence-electron chi connectivity index (χ0n) is 16.7. The number of rotatable bonds is 9. The number of hydrogen-bond donors (Lipinski definition) is 1. The average Bonchev–Trinajstić information content (AvgIpc) is 3.16. The summed E-state index contributed by atoms with van der Waals surface area (Å²) in [6, 6.07) is 7.22. The van der Waals surface area contributed by atoms with Gasteiger partial charge in [0.15, 0.2) is 5.13 Å². The maximum Gasteiger partial charge on any atom is 0.293 e. The number of Topliss-reactive ketones (excluding diaryl/α,β-unsaturated/α-hetero) is 1. The lowest BCUT2D eigenvalue weighted by atomic mass is 9.95. The lowest BCUT2D eigenvalue weighted by molar-refractivity contribution is -0.130. The number of nitrogens with one attached hydrogen (secondary N) is 1. The van der Waals surface area contributed by atoms with Gasteiger partial charge in [0.05, 0.1) is 12.3 Å². The number of aromatic nitrogens is 2. The molecule has 7 nitrogen and oxygen atoms in total. The third-order valence-corrected chi connectivity index (χ3v) is 5.24. The smallest absolute Gasteiger partial charge is 0.293 e. The SMILES string of the molecule is Cc1cc(CC(=O)CCOC=O)cc(C)c1-c1csc(NC(=O)c2ccncc2)n1. The van der Waals surface area contributed by atoms with E-state index < -0.39 is 0 Å². The van der Waals surface area contributed by atoms with Crippen LogP contribution in [0.3, 0.4) is 0 Å². The summed E-state index contributed by atoms with van der Waals surface area (Å²) in [5.41, 5.74) is 5.18. The van der Waals surface area contributed by atoms with Crippen molar-refractivity contribution < 1.29 is 19.1 Å². The molecule has 3 aromatic rings. The molecule has 0 aliphatic rings. The van der Waals surface area contributed by atoms with Crippen LogP contribution in [-0.4, -0.2) is 34.7 Å². The van der Waals surface area contributed by atoms with E-state index in [1.54, 1.807) is 24.5 Å². The van der Waals surface area contributed by atoms with Gasteiger partial charge in [-0.1, -0.05) is 12.1 Å².